The van der Waals surface area contributed by atoms with Crippen molar-refractivity contribution >= 4 is 22.4 Å². The van der Waals surface area contributed by atoms with E-state index in [2.05, 4.69) is 10.3 Å². The second kappa shape index (κ2) is 5.99. The lowest BCUT2D eigenvalue weighted by Gasteiger charge is -2.03. The number of aromatic nitrogens is 1. The Hall–Kier alpha value is -2.66. The molecule has 1 aromatic heterocycles. The molecule has 0 atom stereocenters. The Morgan fingerprint density at radius 2 is 1.95 bits per heavy atom. The summed E-state index contributed by atoms with van der Waals surface area (Å²) in [7, 11) is 0. The van der Waals surface area contributed by atoms with Gasteiger partial charge in [0.2, 0.25) is 0 Å². The highest BCUT2D eigenvalue weighted by atomic mass is 32.1. The van der Waals surface area contributed by atoms with Gasteiger partial charge < -0.3 is 5.11 Å². The lowest BCUT2D eigenvalue weighted by molar-refractivity contribution is 0.102. The van der Waals surface area contributed by atoms with Crippen molar-refractivity contribution < 1.29 is 9.90 Å². The van der Waals surface area contributed by atoms with Gasteiger partial charge in [-0.2, -0.15) is 0 Å². The van der Waals surface area contributed by atoms with Crippen molar-refractivity contribution in [2.45, 2.75) is 6.92 Å². The largest absolute Gasteiger partial charge is 0.508 e. The van der Waals surface area contributed by atoms with Crippen molar-refractivity contribution in [3.8, 4) is 17.0 Å². The maximum absolute atomic E-state index is 12.1. The standard InChI is InChI=1S/C17H14N2O2S/c1-11-9-13(20)7-8-14(11)15-10-22-17(18-15)19-16(21)12-5-3-2-4-6-12/h2-10,20H,1H3,(H,18,19,21). The third-order valence-corrected chi connectivity index (χ3v) is 4.00. The fraction of sp³-hybridized carbons (Fsp3) is 0.0588. The van der Waals surface area contributed by atoms with Gasteiger partial charge in [-0.15, -0.1) is 11.3 Å². The molecule has 0 saturated carbocycles. The van der Waals surface area contributed by atoms with Crippen LogP contribution in [0.2, 0.25) is 0 Å². The summed E-state index contributed by atoms with van der Waals surface area (Å²) in [6, 6.07) is 14.2. The molecule has 0 bridgehead atoms. The van der Waals surface area contributed by atoms with Crippen molar-refractivity contribution in [1.29, 1.82) is 0 Å². The SMILES string of the molecule is Cc1cc(O)ccc1-c1csc(NC(=O)c2ccccc2)n1. The van der Waals surface area contributed by atoms with Crippen LogP contribution in [0, 0.1) is 6.92 Å². The Balaban J connectivity index is 1.81. The van der Waals surface area contributed by atoms with E-state index in [1.54, 1.807) is 24.3 Å². The number of nitrogens with zero attached hydrogens (tertiary/aromatic N) is 1. The van der Waals surface area contributed by atoms with Crippen LogP contribution in [0.25, 0.3) is 11.3 Å². The molecule has 1 heterocycles. The lowest BCUT2D eigenvalue weighted by Crippen LogP contribution is -2.11. The topological polar surface area (TPSA) is 62.2 Å². The second-order valence-corrected chi connectivity index (χ2v) is 5.72. The van der Waals surface area contributed by atoms with Gasteiger partial charge in [0, 0.05) is 16.5 Å². The number of aromatic hydroxyl groups is 1. The molecule has 2 aromatic carbocycles. The summed E-state index contributed by atoms with van der Waals surface area (Å²) in [5.74, 6) is 0.0537. The van der Waals surface area contributed by atoms with Gasteiger partial charge in [0.25, 0.3) is 5.91 Å². The number of phenols is 1. The van der Waals surface area contributed by atoms with E-state index in [0.717, 1.165) is 16.8 Å². The molecular weight excluding hydrogens is 296 g/mol. The first-order chi connectivity index (χ1) is 10.6. The number of carbonyl (C=O) groups excluding carboxylic acids is 1. The molecule has 0 aliphatic heterocycles. The number of hydrogen-bond donors (Lipinski definition) is 2. The molecule has 0 fully saturated rings. The molecule has 0 radical (unpaired) electrons. The Labute approximate surface area is 132 Å². The summed E-state index contributed by atoms with van der Waals surface area (Å²) in [6.07, 6.45) is 0. The fourth-order valence-electron chi connectivity index (χ4n) is 2.15. The predicted molar refractivity (Wildman–Crippen MR) is 88.3 cm³/mol. The maximum atomic E-state index is 12.1. The molecule has 0 saturated heterocycles. The van der Waals surface area contributed by atoms with Gasteiger partial charge in [-0.1, -0.05) is 18.2 Å². The van der Waals surface area contributed by atoms with E-state index in [-0.39, 0.29) is 11.7 Å². The number of phenolic OH excluding ortho intramolecular Hbond substituents is 1. The van der Waals surface area contributed by atoms with Crippen LogP contribution < -0.4 is 5.32 Å². The first-order valence-electron chi connectivity index (χ1n) is 6.75. The van der Waals surface area contributed by atoms with E-state index < -0.39 is 0 Å². The molecule has 3 rings (SSSR count). The smallest absolute Gasteiger partial charge is 0.257 e. The predicted octanol–water partition coefficient (Wildman–Crippen LogP) is 4.08. The molecule has 4 nitrogen and oxygen atoms in total. The number of anilines is 1. The minimum Gasteiger partial charge on any atom is -0.508 e. The Morgan fingerprint density at radius 1 is 1.18 bits per heavy atom. The van der Waals surface area contributed by atoms with Gasteiger partial charge in [0.05, 0.1) is 5.69 Å². The number of hydrogen-bond acceptors (Lipinski definition) is 4. The van der Waals surface area contributed by atoms with Gasteiger partial charge >= 0.3 is 0 Å². The Morgan fingerprint density at radius 3 is 2.68 bits per heavy atom. The highest BCUT2D eigenvalue weighted by Gasteiger charge is 2.11. The van der Waals surface area contributed by atoms with Crippen LogP contribution in [0.4, 0.5) is 5.13 Å². The summed E-state index contributed by atoms with van der Waals surface area (Å²) in [5.41, 5.74) is 3.26. The first kappa shape index (κ1) is 14.3. The molecule has 110 valence electrons. The Kier molecular flexibility index (Phi) is 3.89. The monoisotopic (exact) mass is 310 g/mol. The van der Waals surface area contributed by atoms with E-state index in [9.17, 15) is 9.90 Å². The van der Waals surface area contributed by atoms with Crippen LogP contribution in [0.1, 0.15) is 15.9 Å². The van der Waals surface area contributed by atoms with E-state index in [1.807, 2.05) is 36.6 Å². The van der Waals surface area contributed by atoms with Crippen molar-refractivity contribution in [3.05, 3.63) is 65.0 Å². The molecule has 0 unspecified atom stereocenters. The summed E-state index contributed by atoms with van der Waals surface area (Å²) in [4.78, 5) is 16.5. The minimum absolute atomic E-state index is 0.177. The van der Waals surface area contributed by atoms with E-state index >= 15 is 0 Å². The Bertz CT molecular complexity index is 813. The zero-order chi connectivity index (χ0) is 15.5. The van der Waals surface area contributed by atoms with Crippen LogP contribution in [-0.2, 0) is 0 Å². The summed E-state index contributed by atoms with van der Waals surface area (Å²) in [5, 5.41) is 14.7. The normalized spacial score (nSPS) is 10.4. The second-order valence-electron chi connectivity index (χ2n) is 4.86. The summed E-state index contributed by atoms with van der Waals surface area (Å²) in [6.45, 7) is 1.91. The number of carbonyl (C=O) groups is 1. The summed E-state index contributed by atoms with van der Waals surface area (Å²) >= 11 is 1.37. The molecule has 3 aromatic rings. The number of nitrogens with one attached hydrogen (secondary N) is 1. The molecule has 5 heteroatoms. The van der Waals surface area contributed by atoms with Crippen LogP contribution in [0.3, 0.4) is 0 Å². The molecular formula is C17H14N2O2S. The van der Waals surface area contributed by atoms with Crippen molar-refractivity contribution in [2.24, 2.45) is 0 Å². The van der Waals surface area contributed by atoms with Crippen molar-refractivity contribution in [3.63, 3.8) is 0 Å². The van der Waals surface area contributed by atoms with Gasteiger partial charge in [0.15, 0.2) is 5.13 Å². The van der Waals surface area contributed by atoms with Gasteiger partial charge in [-0.3, -0.25) is 10.1 Å². The van der Waals surface area contributed by atoms with Crippen LogP contribution in [0.15, 0.2) is 53.9 Å². The molecule has 0 aliphatic carbocycles. The average molecular weight is 310 g/mol. The van der Waals surface area contributed by atoms with Gasteiger partial charge in [-0.25, -0.2) is 4.98 Å². The third-order valence-electron chi connectivity index (χ3n) is 3.25. The average Bonchev–Trinajstić information content (AvgIpc) is 2.96. The number of rotatable bonds is 3. The maximum Gasteiger partial charge on any atom is 0.257 e. The molecule has 22 heavy (non-hydrogen) atoms. The van der Waals surface area contributed by atoms with Crippen molar-refractivity contribution in [1.82, 2.24) is 4.98 Å². The van der Waals surface area contributed by atoms with Crippen LogP contribution >= 0.6 is 11.3 Å². The van der Waals surface area contributed by atoms with E-state index in [0.29, 0.717) is 10.7 Å². The van der Waals surface area contributed by atoms with Crippen molar-refractivity contribution in [2.75, 3.05) is 5.32 Å². The quantitative estimate of drug-likeness (QED) is 0.766. The van der Waals surface area contributed by atoms with Gasteiger partial charge in [0.1, 0.15) is 5.75 Å². The molecule has 0 aliphatic rings. The third kappa shape index (κ3) is 2.99. The molecule has 0 spiro atoms. The fourth-order valence-corrected chi connectivity index (χ4v) is 2.85. The minimum atomic E-state index is -0.177. The first-order valence-corrected chi connectivity index (χ1v) is 7.63. The van der Waals surface area contributed by atoms with Crippen LogP contribution in [0.5, 0.6) is 5.75 Å². The molecule has 2 N–H and O–H groups in total. The van der Waals surface area contributed by atoms with E-state index in [1.165, 1.54) is 11.3 Å². The summed E-state index contributed by atoms with van der Waals surface area (Å²) < 4.78 is 0. The number of thiazole rings is 1. The highest BCUT2D eigenvalue weighted by molar-refractivity contribution is 7.14. The highest BCUT2D eigenvalue weighted by Crippen LogP contribution is 2.29. The number of amides is 1. The van der Waals surface area contributed by atoms with Crippen LogP contribution in [-0.4, -0.2) is 16.0 Å². The number of benzene rings is 2. The lowest BCUT2D eigenvalue weighted by atomic mass is 10.1. The van der Waals surface area contributed by atoms with E-state index in [4.69, 9.17) is 0 Å². The molecule has 1 amide bonds. The van der Waals surface area contributed by atoms with Gasteiger partial charge in [-0.05, 0) is 42.8 Å². The zero-order valence-electron chi connectivity index (χ0n) is 11.9. The number of aryl methyl sites for hydroxylation is 1. The zero-order valence-corrected chi connectivity index (χ0v) is 12.7.